The molecule has 1 heterocycles. The highest BCUT2D eigenvalue weighted by molar-refractivity contribution is 6.30. The normalized spacial score (nSPS) is 16.2. The van der Waals surface area contributed by atoms with Crippen LogP contribution in [0.1, 0.15) is 17.2 Å². The van der Waals surface area contributed by atoms with Crippen molar-refractivity contribution in [2.24, 2.45) is 0 Å². The summed E-state index contributed by atoms with van der Waals surface area (Å²) < 4.78 is 16.4. The third-order valence-electron chi connectivity index (χ3n) is 3.97. The minimum atomic E-state index is -0.478. The molecule has 0 saturated carbocycles. The van der Waals surface area contributed by atoms with E-state index in [1.807, 2.05) is 30.3 Å². The molecule has 1 atom stereocenters. The Kier molecular flexibility index (Phi) is 5.14. The lowest BCUT2D eigenvalue weighted by atomic mass is 10.1. The fourth-order valence-corrected chi connectivity index (χ4v) is 2.84. The zero-order valence-corrected chi connectivity index (χ0v) is 14.5. The minimum absolute atomic E-state index is 0.339. The van der Waals surface area contributed by atoms with Crippen LogP contribution in [-0.4, -0.2) is 24.6 Å². The number of amides is 1. The summed E-state index contributed by atoms with van der Waals surface area (Å²) in [6.07, 6.45) is 0.301. The van der Waals surface area contributed by atoms with Gasteiger partial charge in [0.2, 0.25) is 0 Å². The second kappa shape index (κ2) is 7.49. The Labute approximate surface area is 151 Å². The number of carbonyl (C=O) groups is 1. The number of rotatable bonds is 3. The van der Waals surface area contributed by atoms with Gasteiger partial charge in [-0.1, -0.05) is 30.3 Å². The van der Waals surface area contributed by atoms with Crippen LogP contribution in [0.5, 0.6) is 11.5 Å². The molecule has 0 aromatic heterocycles. The quantitative estimate of drug-likeness (QED) is 0.753. The number of hydrogen-bond donors (Lipinski definition) is 0. The Morgan fingerprint density at radius 3 is 2.76 bits per heavy atom. The molecule has 0 N–H and O–H groups in total. The van der Waals surface area contributed by atoms with Gasteiger partial charge in [-0.05, 0) is 35.9 Å². The minimum Gasteiger partial charge on any atom is -0.497 e. The van der Waals surface area contributed by atoms with Crippen molar-refractivity contribution in [2.45, 2.75) is 12.6 Å². The standard InChI is InChI=1S/C19H18ClNO4/c1-3-24-19(22)21-11-14-10-16(23-2)8-9-17(14)25-18(12-21)13-4-6-15(20)7-5-13/h3-10,18H,1,11-12H2,2H3. The Hall–Kier alpha value is -2.66. The average molecular weight is 360 g/mol. The number of ether oxygens (including phenoxy) is 3. The summed E-state index contributed by atoms with van der Waals surface area (Å²) in [6, 6.07) is 12.9. The SMILES string of the molecule is C=COC(=O)N1Cc2cc(OC)ccc2OC(c2ccc(Cl)cc2)C1. The van der Waals surface area contributed by atoms with Crippen LogP contribution in [0.3, 0.4) is 0 Å². The number of hydrogen-bond acceptors (Lipinski definition) is 4. The molecular formula is C19H18ClNO4. The smallest absolute Gasteiger partial charge is 0.415 e. The van der Waals surface area contributed by atoms with Crippen molar-refractivity contribution in [3.05, 3.63) is 71.5 Å². The Bertz CT molecular complexity index is 775. The molecule has 1 aliphatic rings. The van der Waals surface area contributed by atoms with Gasteiger partial charge in [0.25, 0.3) is 0 Å². The maximum absolute atomic E-state index is 12.3. The van der Waals surface area contributed by atoms with E-state index in [-0.39, 0.29) is 6.10 Å². The van der Waals surface area contributed by atoms with Crippen LogP contribution in [-0.2, 0) is 11.3 Å². The number of fused-ring (bicyclic) bond motifs is 1. The fourth-order valence-electron chi connectivity index (χ4n) is 2.72. The third-order valence-corrected chi connectivity index (χ3v) is 4.22. The summed E-state index contributed by atoms with van der Waals surface area (Å²) in [5.74, 6) is 1.40. The molecule has 2 aromatic rings. The fraction of sp³-hybridized carbons (Fsp3) is 0.211. The first-order valence-corrected chi connectivity index (χ1v) is 8.14. The number of methoxy groups -OCH3 is 1. The second-order valence-corrected chi connectivity index (χ2v) is 6.00. The van der Waals surface area contributed by atoms with Crippen LogP contribution >= 0.6 is 11.6 Å². The lowest BCUT2D eigenvalue weighted by molar-refractivity contribution is 0.111. The number of benzene rings is 2. The van der Waals surface area contributed by atoms with Gasteiger partial charge in [0.05, 0.1) is 26.5 Å². The van der Waals surface area contributed by atoms with Crippen LogP contribution in [0.15, 0.2) is 55.3 Å². The molecule has 3 rings (SSSR count). The van der Waals surface area contributed by atoms with E-state index in [4.69, 9.17) is 25.8 Å². The Morgan fingerprint density at radius 2 is 2.08 bits per heavy atom. The van der Waals surface area contributed by atoms with Gasteiger partial charge < -0.3 is 14.2 Å². The zero-order chi connectivity index (χ0) is 17.8. The largest absolute Gasteiger partial charge is 0.497 e. The predicted octanol–water partition coefficient (Wildman–Crippen LogP) is 4.56. The molecule has 0 radical (unpaired) electrons. The summed E-state index contributed by atoms with van der Waals surface area (Å²) in [5.41, 5.74) is 1.77. The molecule has 130 valence electrons. The van der Waals surface area contributed by atoms with Gasteiger partial charge >= 0.3 is 6.09 Å². The lowest BCUT2D eigenvalue weighted by Crippen LogP contribution is -2.33. The van der Waals surface area contributed by atoms with Crippen LogP contribution in [0.2, 0.25) is 5.02 Å². The Morgan fingerprint density at radius 1 is 1.32 bits per heavy atom. The van der Waals surface area contributed by atoms with E-state index < -0.39 is 6.09 Å². The number of carbonyl (C=O) groups excluding carboxylic acids is 1. The van der Waals surface area contributed by atoms with E-state index in [1.165, 1.54) is 0 Å². The molecule has 1 amide bonds. The molecule has 25 heavy (non-hydrogen) atoms. The molecule has 0 spiro atoms. The summed E-state index contributed by atoms with van der Waals surface area (Å²) in [5, 5.41) is 0.644. The van der Waals surface area contributed by atoms with Crippen molar-refractivity contribution < 1.29 is 19.0 Å². The van der Waals surface area contributed by atoms with E-state index in [0.717, 1.165) is 17.4 Å². The second-order valence-electron chi connectivity index (χ2n) is 5.56. The zero-order valence-electron chi connectivity index (χ0n) is 13.8. The summed E-state index contributed by atoms with van der Waals surface area (Å²) >= 11 is 5.97. The van der Waals surface area contributed by atoms with Gasteiger partial charge in [-0.15, -0.1) is 0 Å². The van der Waals surface area contributed by atoms with Crippen LogP contribution in [0, 0.1) is 0 Å². The topological polar surface area (TPSA) is 48.0 Å². The molecule has 0 saturated heterocycles. The van der Waals surface area contributed by atoms with Crippen molar-refractivity contribution in [2.75, 3.05) is 13.7 Å². The monoisotopic (exact) mass is 359 g/mol. The highest BCUT2D eigenvalue weighted by Crippen LogP contribution is 2.34. The predicted molar refractivity (Wildman–Crippen MR) is 94.9 cm³/mol. The number of halogens is 1. The van der Waals surface area contributed by atoms with Gasteiger partial charge in [-0.3, -0.25) is 4.90 Å². The maximum atomic E-state index is 12.3. The van der Waals surface area contributed by atoms with Gasteiger partial charge in [-0.2, -0.15) is 0 Å². The van der Waals surface area contributed by atoms with Crippen LogP contribution in [0.4, 0.5) is 4.79 Å². The summed E-state index contributed by atoms with van der Waals surface area (Å²) in [4.78, 5) is 13.8. The van der Waals surface area contributed by atoms with Gasteiger partial charge in [0.1, 0.15) is 17.6 Å². The van der Waals surface area contributed by atoms with E-state index in [9.17, 15) is 4.79 Å². The maximum Gasteiger partial charge on any atom is 0.415 e. The molecule has 0 fully saturated rings. The van der Waals surface area contributed by atoms with Crippen molar-refractivity contribution in [1.82, 2.24) is 4.90 Å². The highest BCUT2D eigenvalue weighted by Gasteiger charge is 2.28. The molecule has 1 aliphatic heterocycles. The third kappa shape index (κ3) is 3.88. The van der Waals surface area contributed by atoms with Crippen LogP contribution in [0.25, 0.3) is 0 Å². The Balaban J connectivity index is 1.97. The van der Waals surface area contributed by atoms with E-state index in [0.29, 0.717) is 29.6 Å². The lowest BCUT2D eigenvalue weighted by Gasteiger charge is -2.23. The van der Waals surface area contributed by atoms with Gasteiger partial charge in [0, 0.05) is 10.6 Å². The van der Waals surface area contributed by atoms with E-state index in [1.54, 1.807) is 24.1 Å². The molecule has 0 aliphatic carbocycles. The van der Waals surface area contributed by atoms with E-state index in [2.05, 4.69) is 6.58 Å². The molecule has 2 aromatic carbocycles. The summed E-state index contributed by atoms with van der Waals surface area (Å²) in [7, 11) is 1.60. The van der Waals surface area contributed by atoms with Crippen LogP contribution < -0.4 is 9.47 Å². The first-order valence-electron chi connectivity index (χ1n) is 7.76. The van der Waals surface area contributed by atoms with Crippen molar-refractivity contribution in [3.8, 4) is 11.5 Å². The molecule has 6 heteroatoms. The first-order chi connectivity index (χ1) is 12.1. The van der Waals surface area contributed by atoms with Gasteiger partial charge in [0.15, 0.2) is 0 Å². The van der Waals surface area contributed by atoms with Crippen molar-refractivity contribution in [1.29, 1.82) is 0 Å². The molecule has 0 bridgehead atoms. The van der Waals surface area contributed by atoms with Gasteiger partial charge in [-0.25, -0.2) is 4.79 Å². The number of nitrogens with zero attached hydrogens (tertiary/aromatic N) is 1. The molecule has 1 unspecified atom stereocenters. The highest BCUT2D eigenvalue weighted by atomic mass is 35.5. The van der Waals surface area contributed by atoms with Crippen molar-refractivity contribution >= 4 is 17.7 Å². The van der Waals surface area contributed by atoms with Crippen molar-refractivity contribution in [3.63, 3.8) is 0 Å². The average Bonchev–Trinajstić information content (AvgIpc) is 2.81. The molecular weight excluding hydrogens is 342 g/mol. The van der Waals surface area contributed by atoms with E-state index >= 15 is 0 Å². The molecule has 5 nitrogen and oxygen atoms in total. The first kappa shape index (κ1) is 17.2. The summed E-state index contributed by atoms with van der Waals surface area (Å²) in [6.45, 7) is 4.13.